The second-order valence-electron chi connectivity index (χ2n) is 3.50. The van der Waals surface area contributed by atoms with Crippen molar-refractivity contribution in [2.24, 2.45) is 0 Å². The first kappa shape index (κ1) is 11.6. The second kappa shape index (κ2) is 4.97. The van der Waals surface area contributed by atoms with Gasteiger partial charge in [0.25, 0.3) is 5.91 Å². The average Bonchev–Trinajstić information content (AvgIpc) is 2.79. The van der Waals surface area contributed by atoms with E-state index >= 15 is 0 Å². The van der Waals surface area contributed by atoms with E-state index < -0.39 is 0 Å². The maximum atomic E-state index is 11.7. The Hall–Kier alpha value is -1.88. The summed E-state index contributed by atoms with van der Waals surface area (Å²) < 4.78 is 1.06. The number of rotatable bonds is 2. The number of amides is 2. The zero-order chi connectivity index (χ0) is 12.3. The molecule has 0 aliphatic carbocycles. The Balaban J connectivity index is 2.11. The summed E-state index contributed by atoms with van der Waals surface area (Å²) in [4.78, 5) is 23.3. The van der Waals surface area contributed by atoms with Crippen LogP contribution in [0.15, 0.2) is 30.3 Å². The fourth-order valence-electron chi connectivity index (χ4n) is 1.37. The van der Waals surface area contributed by atoms with Gasteiger partial charge in [-0.2, -0.15) is 0 Å². The molecule has 88 valence electrons. The van der Waals surface area contributed by atoms with Crippen LogP contribution in [0, 0.1) is 0 Å². The van der Waals surface area contributed by atoms with Crippen LogP contribution in [0.1, 0.15) is 23.0 Å². The number of fused-ring (bicyclic) bond motifs is 1. The van der Waals surface area contributed by atoms with Gasteiger partial charge in [-0.3, -0.25) is 20.4 Å². The van der Waals surface area contributed by atoms with Gasteiger partial charge in [-0.25, -0.2) is 0 Å². The summed E-state index contributed by atoms with van der Waals surface area (Å²) >= 11 is 1.40. The molecule has 0 saturated heterocycles. The highest BCUT2D eigenvalue weighted by Crippen LogP contribution is 2.24. The number of carbonyl (C=O) groups is 2. The molecule has 5 heteroatoms. The van der Waals surface area contributed by atoms with Crippen molar-refractivity contribution in [3.63, 3.8) is 0 Å². The molecule has 0 aliphatic rings. The van der Waals surface area contributed by atoms with Crippen LogP contribution < -0.4 is 10.9 Å². The zero-order valence-electron chi connectivity index (χ0n) is 9.32. The third-order valence-electron chi connectivity index (χ3n) is 2.29. The van der Waals surface area contributed by atoms with Crippen molar-refractivity contribution in [2.45, 2.75) is 13.3 Å². The summed E-state index contributed by atoms with van der Waals surface area (Å²) in [6, 6.07) is 9.58. The molecule has 2 aromatic rings. The predicted octanol–water partition coefficient (Wildman–Crippen LogP) is 2.07. The third-order valence-corrected chi connectivity index (χ3v) is 3.40. The van der Waals surface area contributed by atoms with Crippen LogP contribution in [0.2, 0.25) is 0 Å². The van der Waals surface area contributed by atoms with Gasteiger partial charge in [0, 0.05) is 11.1 Å². The molecule has 0 bridgehead atoms. The van der Waals surface area contributed by atoms with E-state index in [1.165, 1.54) is 11.3 Å². The van der Waals surface area contributed by atoms with Gasteiger partial charge in [0.05, 0.1) is 4.88 Å². The van der Waals surface area contributed by atoms with E-state index in [1.807, 2.05) is 30.3 Å². The van der Waals surface area contributed by atoms with Gasteiger partial charge < -0.3 is 0 Å². The lowest BCUT2D eigenvalue weighted by molar-refractivity contribution is -0.121. The smallest absolute Gasteiger partial charge is 0.273 e. The SMILES string of the molecule is CCC(=O)NNC(=O)c1cc2ccccc2s1. The summed E-state index contributed by atoms with van der Waals surface area (Å²) in [6.45, 7) is 1.72. The Bertz CT molecular complexity index is 529. The van der Waals surface area contributed by atoms with Crippen molar-refractivity contribution in [2.75, 3.05) is 0 Å². The standard InChI is InChI=1S/C12H12N2O2S/c1-2-11(15)13-14-12(16)10-7-8-5-3-4-6-9(8)17-10/h3-7H,2H2,1H3,(H,13,15)(H,14,16). The maximum absolute atomic E-state index is 11.7. The fourth-order valence-corrected chi connectivity index (χ4v) is 2.33. The number of benzene rings is 1. The monoisotopic (exact) mass is 248 g/mol. The minimum absolute atomic E-state index is 0.209. The number of thiophene rings is 1. The Morgan fingerprint density at radius 1 is 1.24 bits per heavy atom. The molecule has 17 heavy (non-hydrogen) atoms. The van der Waals surface area contributed by atoms with Crippen LogP contribution in [-0.2, 0) is 4.79 Å². The Kier molecular flexibility index (Phi) is 3.39. The van der Waals surface area contributed by atoms with Gasteiger partial charge in [0.2, 0.25) is 5.91 Å². The van der Waals surface area contributed by atoms with Crippen LogP contribution in [0.3, 0.4) is 0 Å². The normalized spacial score (nSPS) is 10.2. The van der Waals surface area contributed by atoms with E-state index in [1.54, 1.807) is 6.92 Å². The quantitative estimate of drug-likeness (QED) is 0.799. The summed E-state index contributed by atoms with van der Waals surface area (Å²) in [7, 11) is 0. The number of hydrogen-bond acceptors (Lipinski definition) is 3. The lowest BCUT2D eigenvalue weighted by Crippen LogP contribution is -2.40. The van der Waals surface area contributed by atoms with E-state index in [0.717, 1.165) is 10.1 Å². The molecule has 4 nitrogen and oxygen atoms in total. The van der Waals surface area contributed by atoms with Crippen molar-refractivity contribution in [3.8, 4) is 0 Å². The summed E-state index contributed by atoms with van der Waals surface area (Å²) in [5.41, 5.74) is 4.73. The van der Waals surface area contributed by atoms with Crippen LogP contribution in [0.5, 0.6) is 0 Å². The molecule has 2 rings (SSSR count). The van der Waals surface area contributed by atoms with Crippen molar-refractivity contribution in [1.29, 1.82) is 0 Å². The minimum atomic E-state index is -0.284. The van der Waals surface area contributed by atoms with Crippen molar-refractivity contribution >= 4 is 33.2 Å². The largest absolute Gasteiger partial charge is 0.279 e. The van der Waals surface area contributed by atoms with E-state index in [9.17, 15) is 9.59 Å². The van der Waals surface area contributed by atoms with Crippen LogP contribution in [0.25, 0.3) is 10.1 Å². The molecule has 1 aromatic carbocycles. The van der Waals surface area contributed by atoms with Gasteiger partial charge >= 0.3 is 0 Å². The first-order valence-corrected chi connectivity index (χ1v) is 6.10. The molecule has 0 fully saturated rings. The third kappa shape index (κ3) is 2.62. The van der Waals surface area contributed by atoms with Gasteiger partial charge in [-0.15, -0.1) is 11.3 Å². The average molecular weight is 248 g/mol. The minimum Gasteiger partial charge on any atom is -0.273 e. The van der Waals surface area contributed by atoms with E-state index in [-0.39, 0.29) is 11.8 Å². The number of hydrazine groups is 1. The Morgan fingerprint density at radius 3 is 2.71 bits per heavy atom. The maximum Gasteiger partial charge on any atom is 0.279 e. The Morgan fingerprint density at radius 2 is 2.00 bits per heavy atom. The van der Waals surface area contributed by atoms with Crippen molar-refractivity contribution < 1.29 is 9.59 Å². The van der Waals surface area contributed by atoms with E-state index in [0.29, 0.717) is 11.3 Å². The summed E-state index contributed by atoms with van der Waals surface area (Å²) in [6.07, 6.45) is 0.340. The fraction of sp³-hybridized carbons (Fsp3) is 0.167. The molecule has 0 saturated carbocycles. The molecule has 0 spiro atoms. The van der Waals surface area contributed by atoms with Gasteiger partial charge in [-0.1, -0.05) is 25.1 Å². The topological polar surface area (TPSA) is 58.2 Å². The molecule has 0 unspecified atom stereocenters. The highest BCUT2D eigenvalue weighted by atomic mass is 32.1. The number of nitrogens with one attached hydrogen (secondary N) is 2. The lowest BCUT2D eigenvalue weighted by Gasteiger charge is -2.03. The van der Waals surface area contributed by atoms with Gasteiger partial charge in [0.15, 0.2) is 0 Å². The first-order valence-electron chi connectivity index (χ1n) is 5.28. The molecular formula is C12H12N2O2S. The number of carbonyl (C=O) groups excluding carboxylic acids is 2. The highest BCUT2D eigenvalue weighted by Gasteiger charge is 2.10. The lowest BCUT2D eigenvalue weighted by atomic mass is 10.2. The molecule has 0 atom stereocenters. The van der Waals surface area contributed by atoms with Crippen LogP contribution in [0.4, 0.5) is 0 Å². The molecular weight excluding hydrogens is 236 g/mol. The summed E-state index contributed by atoms with van der Waals surface area (Å²) in [5, 5.41) is 1.03. The van der Waals surface area contributed by atoms with Gasteiger partial charge in [-0.05, 0) is 17.5 Å². The highest BCUT2D eigenvalue weighted by molar-refractivity contribution is 7.20. The van der Waals surface area contributed by atoms with Crippen molar-refractivity contribution in [1.82, 2.24) is 10.9 Å². The van der Waals surface area contributed by atoms with Crippen molar-refractivity contribution in [3.05, 3.63) is 35.2 Å². The van der Waals surface area contributed by atoms with Gasteiger partial charge in [0.1, 0.15) is 0 Å². The van der Waals surface area contributed by atoms with E-state index in [2.05, 4.69) is 10.9 Å². The molecule has 2 amide bonds. The Labute approximate surface area is 103 Å². The molecule has 0 aliphatic heterocycles. The second-order valence-corrected chi connectivity index (χ2v) is 4.59. The number of hydrogen-bond donors (Lipinski definition) is 2. The molecule has 1 heterocycles. The molecule has 2 N–H and O–H groups in total. The molecule has 1 aromatic heterocycles. The van der Waals surface area contributed by atoms with Crippen LogP contribution in [-0.4, -0.2) is 11.8 Å². The van der Waals surface area contributed by atoms with Crippen LogP contribution >= 0.6 is 11.3 Å². The predicted molar refractivity (Wildman–Crippen MR) is 67.7 cm³/mol. The van der Waals surface area contributed by atoms with E-state index in [4.69, 9.17) is 0 Å². The summed E-state index contributed by atoms with van der Waals surface area (Å²) in [5.74, 6) is -0.493. The zero-order valence-corrected chi connectivity index (χ0v) is 10.1. The first-order chi connectivity index (χ1) is 8.20. The molecule has 0 radical (unpaired) electrons.